The molecule has 1 rings (SSSR count). The largest absolute Gasteiger partial charge is 0.481 e. The summed E-state index contributed by atoms with van der Waals surface area (Å²) in [6, 6.07) is 0. The number of carbonyl (C=O) groups is 1. The van der Waals surface area contributed by atoms with Gasteiger partial charge in [0, 0.05) is 0 Å². The van der Waals surface area contributed by atoms with Crippen molar-refractivity contribution in [3.8, 4) is 0 Å². The minimum atomic E-state index is -0.772. The van der Waals surface area contributed by atoms with Gasteiger partial charge in [0.15, 0.2) is 0 Å². The Labute approximate surface area is 65.5 Å². The number of aliphatic carboxylic acids is 1. The summed E-state index contributed by atoms with van der Waals surface area (Å²) in [5, 5.41) is 17.3. The number of aliphatic hydroxyl groups is 1. The van der Waals surface area contributed by atoms with Gasteiger partial charge in [-0.15, -0.1) is 12.4 Å². The number of carboxylic acids is 1. The molecule has 60 valence electrons. The monoisotopic (exact) mass is 166 g/mol. The highest BCUT2D eigenvalue weighted by Crippen LogP contribution is 2.24. The maximum atomic E-state index is 10.2. The van der Waals surface area contributed by atoms with Crippen LogP contribution in [0.2, 0.25) is 0 Å². The second-order valence-corrected chi connectivity index (χ2v) is 2.50. The molecule has 0 aliphatic heterocycles. The van der Waals surface area contributed by atoms with Crippen LogP contribution in [-0.4, -0.2) is 22.3 Å². The fourth-order valence-corrected chi connectivity index (χ4v) is 1.18. The maximum absolute atomic E-state index is 10.2. The summed E-state index contributed by atoms with van der Waals surface area (Å²) >= 11 is 0. The molecule has 2 unspecified atom stereocenters. The van der Waals surface area contributed by atoms with Gasteiger partial charge in [0.05, 0.1) is 12.0 Å². The lowest BCUT2D eigenvalue weighted by Gasteiger charge is -1.99. The summed E-state index contributed by atoms with van der Waals surface area (Å²) in [4.78, 5) is 10.2. The zero-order chi connectivity index (χ0) is 6.85. The summed E-state index contributed by atoms with van der Waals surface area (Å²) in [5.41, 5.74) is 0. The van der Waals surface area contributed by atoms with Crippen molar-refractivity contribution in [1.29, 1.82) is 0 Å². The van der Waals surface area contributed by atoms with Crippen molar-refractivity contribution < 1.29 is 15.0 Å². The summed E-state index contributed by atoms with van der Waals surface area (Å²) in [6.07, 6.45) is 1.36. The Morgan fingerprint density at radius 3 is 2.20 bits per heavy atom. The molecule has 1 aliphatic carbocycles. The molecule has 3 nitrogen and oxygen atoms in total. The van der Waals surface area contributed by atoms with E-state index in [-0.39, 0.29) is 24.4 Å². The van der Waals surface area contributed by atoms with Crippen LogP contribution in [0.4, 0.5) is 0 Å². The maximum Gasteiger partial charge on any atom is 0.306 e. The van der Waals surface area contributed by atoms with Crippen LogP contribution >= 0.6 is 12.4 Å². The van der Waals surface area contributed by atoms with E-state index in [4.69, 9.17) is 10.2 Å². The molecular weight excluding hydrogens is 156 g/mol. The van der Waals surface area contributed by atoms with Crippen LogP contribution in [-0.2, 0) is 4.79 Å². The first-order valence-electron chi connectivity index (χ1n) is 3.11. The molecule has 1 aliphatic rings. The molecule has 0 heterocycles. The normalized spacial score (nSPS) is 31.3. The number of halogens is 1. The number of aliphatic hydroxyl groups excluding tert-OH is 1. The van der Waals surface area contributed by atoms with Gasteiger partial charge in [-0.1, -0.05) is 0 Å². The van der Waals surface area contributed by atoms with E-state index in [1.807, 2.05) is 0 Å². The molecule has 0 spiro atoms. The van der Waals surface area contributed by atoms with Crippen molar-refractivity contribution in [3.63, 3.8) is 0 Å². The van der Waals surface area contributed by atoms with Gasteiger partial charge in [0.25, 0.3) is 0 Å². The van der Waals surface area contributed by atoms with Gasteiger partial charge in [-0.2, -0.15) is 0 Å². The molecule has 0 radical (unpaired) electrons. The summed E-state index contributed by atoms with van der Waals surface area (Å²) in [7, 11) is 0. The van der Waals surface area contributed by atoms with E-state index >= 15 is 0 Å². The lowest BCUT2D eigenvalue weighted by atomic mass is 10.1. The average molecular weight is 167 g/mol. The molecule has 0 amide bonds. The standard InChI is InChI=1S/C6H10O3.ClH/c7-5-2-1-4(3-5)6(8)9;/h4-5,7H,1-3H2,(H,8,9);1H. The minimum Gasteiger partial charge on any atom is -0.481 e. The lowest BCUT2D eigenvalue weighted by molar-refractivity contribution is -0.141. The zero-order valence-electron chi connectivity index (χ0n) is 5.49. The smallest absolute Gasteiger partial charge is 0.306 e. The lowest BCUT2D eigenvalue weighted by Crippen LogP contribution is -2.10. The van der Waals surface area contributed by atoms with E-state index in [1.165, 1.54) is 0 Å². The van der Waals surface area contributed by atoms with Gasteiger partial charge in [-0.3, -0.25) is 4.79 Å². The van der Waals surface area contributed by atoms with Crippen LogP contribution in [0.3, 0.4) is 0 Å². The Balaban J connectivity index is 0.000000810. The van der Waals surface area contributed by atoms with Crippen LogP contribution in [0.5, 0.6) is 0 Å². The highest BCUT2D eigenvalue weighted by Gasteiger charge is 2.27. The second-order valence-electron chi connectivity index (χ2n) is 2.50. The summed E-state index contributed by atoms with van der Waals surface area (Å²) in [5.74, 6) is -1.06. The molecule has 0 aromatic heterocycles. The topological polar surface area (TPSA) is 57.5 Å². The van der Waals surface area contributed by atoms with Crippen molar-refractivity contribution in [2.24, 2.45) is 5.92 Å². The number of hydrogen-bond acceptors (Lipinski definition) is 2. The first-order chi connectivity index (χ1) is 4.20. The molecule has 0 aromatic carbocycles. The molecule has 2 N–H and O–H groups in total. The first-order valence-corrected chi connectivity index (χ1v) is 3.11. The van der Waals surface area contributed by atoms with Crippen LogP contribution in [0.15, 0.2) is 0 Å². The van der Waals surface area contributed by atoms with Gasteiger partial charge in [0.1, 0.15) is 0 Å². The molecule has 4 heteroatoms. The third-order valence-electron chi connectivity index (χ3n) is 1.75. The van der Waals surface area contributed by atoms with Crippen LogP contribution in [0.1, 0.15) is 19.3 Å². The highest BCUT2D eigenvalue weighted by atomic mass is 35.5. The highest BCUT2D eigenvalue weighted by molar-refractivity contribution is 5.85. The minimum absolute atomic E-state index is 0. The number of rotatable bonds is 1. The Morgan fingerprint density at radius 2 is 2.00 bits per heavy atom. The SMILES string of the molecule is Cl.O=C(O)C1CCC(O)C1. The Bertz CT molecular complexity index is 126. The van der Waals surface area contributed by atoms with Gasteiger partial charge >= 0.3 is 5.97 Å². The fraction of sp³-hybridized carbons (Fsp3) is 0.833. The number of hydrogen-bond donors (Lipinski definition) is 2. The fourth-order valence-electron chi connectivity index (χ4n) is 1.18. The first kappa shape index (κ1) is 9.72. The molecule has 1 saturated carbocycles. The summed E-state index contributed by atoms with van der Waals surface area (Å²) in [6.45, 7) is 0. The summed E-state index contributed by atoms with van der Waals surface area (Å²) < 4.78 is 0. The second kappa shape index (κ2) is 3.78. The molecule has 0 bridgehead atoms. The Morgan fingerprint density at radius 1 is 1.40 bits per heavy atom. The molecule has 0 saturated heterocycles. The predicted octanol–water partition coefficient (Wildman–Crippen LogP) is 0.654. The third kappa shape index (κ3) is 2.15. The van der Waals surface area contributed by atoms with Crippen molar-refractivity contribution in [2.45, 2.75) is 25.4 Å². The van der Waals surface area contributed by atoms with E-state index in [0.29, 0.717) is 19.3 Å². The van der Waals surface area contributed by atoms with Crippen LogP contribution < -0.4 is 0 Å². The van der Waals surface area contributed by atoms with Crippen molar-refractivity contribution in [2.75, 3.05) is 0 Å². The van der Waals surface area contributed by atoms with Crippen LogP contribution in [0.25, 0.3) is 0 Å². The zero-order valence-corrected chi connectivity index (χ0v) is 6.30. The van der Waals surface area contributed by atoms with Crippen molar-refractivity contribution >= 4 is 18.4 Å². The van der Waals surface area contributed by atoms with Gasteiger partial charge in [0.2, 0.25) is 0 Å². The molecule has 2 atom stereocenters. The molecular formula is C6H11ClO3. The third-order valence-corrected chi connectivity index (χ3v) is 1.75. The van der Waals surface area contributed by atoms with Crippen LogP contribution in [0, 0.1) is 5.92 Å². The van der Waals surface area contributed by atoms with E-state index in [2.05, 4.69) is 0 Å². The van der Waals surface area contributed by atoms with Gasteiger partial charge in [-0.05, 0) is 19.3 Å². The van der Waals surface area contributed by atoms with E-state index in [1.54, 1.807) is 0 Å². The van der Waals surface area contributed by atoms with Crippen molar-refractivity contribution in [1.82, 2.24) is 0 Å². The Kier molecular flexibility index (Phi) is 3.68. The van der Waals surface area contributed by atoms with Crippen molar-refractivity contribution in [3.05, 3.63) is 0 Å². The van der Waals surface area contributed by atoms with Gasteiger partial charge < -0.3 is 10.2 Å². The predicted molar refractivity (Wildman–Crippen MR) is 38.2 cm³/mol. The quantitative estimate of drug-likeness (QED) is 0.602. The van der Waals surface area contributed by atoms with Gasteiger partial charge in [-0.25, -0.2) is 0 Å². The molecule has 10 heavy (non-hydrogen) atoms. The molecule has 0 aromatic rings. The van der Waals surface area contributed by atoms with E-state index in [9.17, 15) is 4.79 Å². The van der Waals surface area contributed by atoms with E-state index in [0.717, 1.165) is 0 Å². The number of carboxylic acid groups (broad SMARTS) is 1. The average Bonchev–Trinajstić information content (AvgIpc) is 2.14. The van der Waals surface area contributed by atoms with E-state index < -0.39 is 5.97 Å². The molecule has 1 fully saturated rings. The Hall–Kier alpha value is -0.280.